The minimum absolute atomic E-state index is 0. The quantitative estimate of drug-likeness (QED) is 0.453. The smallest absolute Gasteiger partial charge is 0.481 e. The number of aromatic nitrogens is 1. The van der Waals surface area contributed by atoms with Crippen LogP contribution >= 0.6 is 11.3 Å². The summed E-state index contributed by atoms with van der Waals surface area (Å²) in [7, 11) is 0. The second-order valence-corrected chi connectivity index (χ2v) is 3.90. The van der Waals surface area contributed by atoms with E-state index in [-0.39, 0.29) is 36.0 Å². The zero-order valence-corrected chi connectivity index (χ0v) is 10.5. The van der Waals surface area contributed by atoms with Crippen molar-refractivity contribution in [3.05, 3.63) is 10.6 Å². The van der Waals surface area contributed by atoms with Crippen LogP contribution in [0.3, 0.4) is 0 Å². The molecular formula is C6H6NNaO2S2. The van der Waals surface area contributed by atoms with Gasteiger partial charge in [0.2, 0.25) is 0 Å². The summed E-state index contributed by atoms with van der Waals surface area (Å²) in [4.78, 5) is 15.1. The van der Waals surface area contributed by atoms with Gasteiger partial charge in [0.1, 0.15) is 0 Å². The third kappa shape index (κ3) is 3.37. The molecule has 12 heavy (non-hydrogen) atoms. The Morgan fingerprint density at radius 1 is 1.75 bits per heavy atom. The summed E-state index contributed by atoms with van der Waals surface area (Å²) in [6.07, 6.45) is -0.0288. The first-order valence-electron chi connectivity index (χ1n) is 2.94. The molecular weight excluding hydrogens is 205 g/mol. The predicted molar refractivity (Wildman–Crippen MR) is 43.8 cm³/mol. The van der Waals surface area contributed by atoms with E-state index in [0.29, 0.717) is 10.0 Å². The molecule has 0 aromatic carbocycles. The van der Waals surface area contributed by atoms with Crippen LogP contribution in [-0.2, 0) is 23.8 Å². The van der Waals surface area contributed by atoms with Crippen LogP contribution in [0.5, 0.6) is 0 Å². The maximum atomic E-state index is 10.3. The van der Waals surface area contributed by atoms with E-state index >= 15 is 0 Å². The first kappa shape index (κ1) is 12.3. The van der Waals surface area contributed by atoms with Gasteiger partial charge in [-0.2, -0.15) is 0 Å². The van der Waals surface area contributed by atoms with Crippen molar-refractivity contribution in [2.24, 2.45) is 0 Å². The van der Waals surface area contributed by atoms with Gasteiger partial charge in [-0.25, -0.2) is 0 Å². The first-order chi connectivity index (χ1) is 5.09. The summed E-state index contributed by atoms with van der Waals surface area (Å²) >= 11 is 6.14. The van der Waals surface area contributed by atoms with Crippen molar-refractivity contribution < 1.29 is 39.5 Å². The fourth-order valence-electron chi connectivity index (χ4n) is 0.709. The van der Waals surface area contributed by atoms with Gasteiger partial charge in [0, 0.05) is 5.69 Å². The van der Waals surface area contributed by atoms with Crippen molar-refractivity contribution in [1.82, 2.24) is 4.98 Å². The number of hydrogen-bond donors (Lipinski definition) is 1. The fourth-order valence-corrected chi connectivity index (χ4v) is 1.85. The molecule has 0 aliphatic carbocycles. The van der Waals surface area contributed by atoms with Gasteiger partial charge in [0.15, 0.2) is 0 Å². The van der Waals surface area contributed by atoms with Crippen molar-refractivity contribution in [3.63, 3.8) is 0 Å². The zero-order valence-electron chi connectivity index (χ0n) is 6.83. The van der Waals surface area contributed by atoms with Crippen molar-refractivity contribution in [2.75, 3.05) is 0 Å². The van der Waals surface area contributed by atoms with E-state index in [2.05, 4.69) is 4.98 Å². The van der Waals surface area contributed by atoms with Crippen molar-refractivity contribution in [1.29, 1.82) is 0 Å². The molecule has 0 aliphatic heterocycles. The molecule has 0 saturated heterocycles. The van der Waals surface area contributed by atoms with E-state index in [9.17, 15) is 4.79 Å². The van der Waals surface area contributed by atoms with Crippen LogP contribution in [0.1, 0.15) is 10.6 Å². The predicted octanol–water partition coefficient (Wildman–Crippen LogP) is -2.01. The van der Waals surface area contributed by atoms with Gasteiger partial charge in [-0.1, -0.05) is 4.88 Å². The number of carbonyl (C=O) groups is 1. The minimum Gasteiger partial charge on any atom is -0.481 e. The summed E-state index contributed by atoms with van der Waals surface area (Å²) in [5.74, 6) is -0.867. The van der Waals surface area contributed by atoms with Gasteiger partial charge in [0.05, 0.1) is 6.42 Å². The van der Waals surface area contributed by atoms with Gasteiger partial charge in [-0.05, 0) is 11.3 Å². The topological polar surface area (TPSA) is 50.2 Å². The van der Waals surface area contributed by atoms with Crippen molar-refractivity contribution in [3.8, 4) is 0 Å². The Balaban J connectivity index is 0.00000121. The number of carboxylic acids is 1. The van der Waals surface area contributed by atoms with Crippen molar-refractivity contribution in [2.45, 2.75) is 17.7 Å². The molecule has 1 heterocycles. The second kappa shape index (κ2) is 5.14. The second-order valence-electron chi connectivity index (χ2n) is 2.05. The summed E-state index contributed by atoms with van der Waals surface area (Å²) in [6.45, 7) is 1.83. The molecule has 6 heteroatoms. The Morgan fingerprint density at radius 2 is 2.33 bits per heavy atom. The molecule has 0 atom stereocenters. The van der Waals surface area contributed by atoms with Gasteiger partial charge >= 0.3 is 35.5 Å². The number of aryl methyl sites for hydroxylation is 1. The van der Waals surface area contributed by atoms with E-state index in [4.69, 9.17) is 17.7 Å². The van der Waals surface area contributed by atoms with E-state index < -0.39 is 5.97 Å². The molecule has 0 saturated carbocycles. The Kier molecular flexibility index (Phi) is 5.27. The largest absolute Gasteiger partial charge is 1.00 e. The van der Waals surface area contributed by atoms with Crippen LogP contribution in [0.2, 0.25) is 0 Å². The first-order valence-corrected chi connectivity index (χ1v) is 4.17. The van der Waals surface area contributed by atoms with E-state index in [1.807, 2.05) is 6.92 Å². The molecule has 1 aromatic heterocycles. The Hall–Kier alpha value is 0.320. The van der Waals surface area contributed by atoms with Crippen LogP contribution in [-0.4, -0.2) is 16.1 Å². The molecule has 0 spiro atoms. The molecule has 1 N–H and O–H groups in total. The Bertz CT molecular complexity index is 287. The molecule has 1 aromatic rings. The van der Waals surface area contributed by atoms with Gasteiger partial charge < -0.3 is 29.1 Å². The molecule has 3 nitrogen and oxygen atoms in total. The van der Waals surface area contributed by atoms with E-state index in [1.54, 1.807) is 0 Å². The summed E-state index contributed by atoms with van der Waals surface area (Å²) < 4.78 is 0.513. The third-order valence-electron chi connectivity index (χ3n) is 1.19. The Morgan fingerprint density at radius 3 is 2.67 bits per heavy atom. The van der Waals surface area contributed by atoms with Crippen LogP contribution in [0, 0.1) is 6.92 Å². The summed E-state index contributed by atoms with van der Waals surface area (Å²) in [5.41, 5.74) is 0.590. The molecule has 60 valence electrons. The fraction of sp³-hybridized carbons (Fsp3) is 0.333. The normalized spacial score (nSPS) is 9.08. The maximum absolute atomic E-state index is 10.3. The van der Waals surface area contributed by atoms with Crippen LogP contribution in [0.4, 0.5) is 0 Å². The molecule has 0 aliphatic rings. The number of hydrogen-bond acceptors (Lipinski definition) is 4. The zero-order chi connectivity index (χ0) is 8.43. The molecule has 0 radical (unpaired) electrons. The number of aliphatic carboxylic acids is 1. The van der Waals surface area contributed by atoms with Crippen LogP contribution in [0.25, 0.3) is 0 Å². The summed E-state index contributed by atoms with van der Waals surface area (Å²) in [6, 6.07) is 0. The maximum Gasteiger partial charge on any atom is 1.00 e. The van der Waals surface area contributed by atoms with Crippen molar-refractivity contribution >= 4 is 29.9 Å². The van der Waals surface area contributed by atoms with E-state index in [1.165, 1.54) is 11.3 Å². The molecule has 0 fully saturated rings. The van der Waals surface area contributed by atoms with Crippen LogP contribution in [0.15, 0.2) is 4.34 Å². The molecule has 0 bridgehead atoms. The van der Waals surface area contributed by atoms with Gasteiger partial charge in [-0.3, -0.25) is 9.78 Å². The average molecular weight is 211 g/mol. The summed E-state index contributed by atoms with van der Waals surface area (Å²) in [5, 5.41) is 8.43. The average Bonchev–Trinajstić information content (AvgIpc) is 2.09. The molecule has 0 amide bonds. The SMILES string of the molecule is Cc1sc([S-])nc1CC(=O)O.[Na+]. The number of carboxylic acid groups (broad SMARTS) is 1. The van der Waals surface area contributed by atoms with E-state index in [0.717, 1.165) is 4.88 Å². The van der Waals surface area contributed by atoms with Gasteiger partial charge in [-0.15, -0.1) is 0 Å². The standard InChI is InChI=1S/C6H7NO2S2.Na/c1-3-4(2-5(8)9)7-6(10)11-3;/h2H2,1H3,(H,7,10)(H,8,9);/q;+1/p-1. The number of thiazole rings is 1. The minimum atomic E-state index is -0.867. The Labute approximate surface area is 102 Å². The monoisotopic (exact) mass is 211 g/mol. The van der Waals surface area contributed by atoms with Gasteiger partial charge in [0.25, 0.3) is 0 Å². The third-order valence-corrected chi connectivity index (χ3v) is 2.34. The molecule has 0 unspecified atom stereocenters. The molecule has 1 rings (SSSR count). The number of rotatable bonds is 2. The van der Waals surface area contributed by atoms with Crippen LogP contribution < -0.4 is 29.6 Å². The number of nitrogens with zero attached hydrogens (tertiary/aromatic N) is 1.